The second kappa shape index (κ2) is 11.8. The summed E-state index contributed by atoms with van der Waals surface area (Å²) in [4.78, 5) is 36.6. The van der Waals surface area contributed by atoms with Crippen molar-refractivity contribution in [2.75, 3.05) is 30.3 Å². The number of amidine groups is 1. The lowest BCUT2D eigenvalue weighted by Gasteiger charge is -2.22. The zero-order chi connectivity index (χ0) is 24.5. The number of hydrogen-bond donors (Lipinski definition) is 7. The Balaban J connectivity index is 1.41. The monoisotopic (exact) mass is 465 g/mol. The van der Waals surface area contributed by atoms with Crippen molar-refractivity contribution in [3.05, 3.63) is 59.7 Å². The normalized spacial score (nSPS) is 14.5. The summed E-state index contributed by atoms with van der Waals surface area (Å²) in [6, 6.07) is 13.0. The molecule has 10 nitrogen and oxygen atoms in total. The van der Waals surface area contributed by atoms with Crippen molar-refractivity contribution in [1.29, 1.82) is 5.41 Å². The Kier molecular flexibility index (Phi) is 8.58. The molecule has 34 heavy (non-hydrogen) atoms. The van der Waals surface area contributed by atoms with Crippen LogP contribution < -0.4 is 32.3 Å². The molecule has 0 aromatic heterocycles. The lowest BCUT2D eigenvalue weighted by molar-refractivity contribution is -0.121. The molecule has 180 valence electrons. The molecule has 8 N–H and O–H groups in total. The second-order valence-electron chi connectivity index (χ2n) is 8.22. The number of nitrogens with one attached hydrogen (secondary N) is 6. The standard InChI is InChI=1S/C24H31N7O3/c1-15(16-2-6-19(7-3-16)30-23(33)18-10-12-27-13-11-18)29-21(32)14-28-24(34)31-20-8-4-17(5-9-20)22(25)26/h2-9,15,18,27H,10-14H2,1H3,(H3,25,26)(H,29,32)(H,30,33)(H2,28,31,34). The van der Waals surface area contributed by atoms with Gasteiger partial charge >= 0.3 is 6.03 Å². The minimum absolute atomic E-state index is 0.0312. The van der Waals surface area contributed by atoms with Crippen molar-refractivity contribution < 1.29 is 14.4 Å². The van der Waals surface area contributed by atoms with Crippen molar-refractivity contribution >= 4 is 35.1 Å². The quantitative estimate of drug-likeness (QED) is 0.234. The van der Waals surface area contributed by atoms with E-state index >= 15 is 0 Å². The molecule has 1 fully saturated rings. The van der Waals surface area contributed by atoms with Gasteiger partial charge in [0.05, 0.1) is 12.6 Å². The molecule has 1 aliphatic heterocycles. The van der Waals surface area contributed by atoms with E-state index in [0.717, 1.165) is 37.2 Å². The molecule has 2 aromatic rings. The van der Waals surface area contributed by atoms with Crippen LogP contribution in [0.15, 0.2) is 48.5 Å². The van der Waals surface area contributed by atoms with E-state index < -0.39 is 6.03 Å². The molecule has 3 rings (SSSR count). The predicted molar refractivity (Wildman–Crippen MR) is 132 cm³/mol. The number of carbonyl (C=O) groups is 3. The number of anilines is 2. The van der Waals surface area contributed by atoms with Crippen LogP contribution in [0, 0.1) is 11.3 Å². The smallest absolute Gasteiger partial charge is 0.319 e. The highest BCUT2D eigenvalue weighted by Gasteiger charge is 2.21. The van der Waals surface area contributed by atoms with Gasteiger partial charge in [0.1, 0.15) is 5.84 Å². The zero-order valence-corrected chi connectivity index (χ0v) is 19.1. The van der Waals surface area contributed by atoms with Crippen molar-refractivity contribution in [2.24, 2.45) is 11.7 Å². The second-order valence-corrected chi connectivity index (χ2v) is 8.22. The molecule has 0 aliphatic carbocycles. The minimum Gasteiger partial charge on any atom is -0.384 e. The molecule has 0 saturated carbocycles. The molecule has 0 bridgehead atoms. The van der Waals surface area contributed by atoms with Gasteiger partial charge in [0.2, 0.25) is 11.8 Å². The summed E-state index contributed by atoms with van der Waals surface area (Å²) < 4.78 is 0. The van der Waals surface area contributed by atoms with Crippen LogP contribution in [0.2, 0.25) is 0 Å². The summed E-state index contributed by atoms with van der Waals surface area (Å²) in [5, 5.41) is 21.5. The molecule has 0 spiro atoms. The molecule has 4 amide bonds. The van der Waals surface area contributed by atoms with Crippen LogP contribution in [0.1, 0.15) is 36.9 Å². The van der Waals surface area contributed by atoms with Crippen LogP contribution in [-0.2, 0) is 9.59 Å². The SMILES string of the molecule is CC(NC(=O)CNC(=O)Nc1ccc(C(=N)N)cc1)c1ccc(NC(=O)C2CCNCC2)cc1. The first kappa shape index (κ1) is 24.7. The van der Waals surface area contributed by atoms with Crippen LogP contribution in [0.5, 0.6) is 0 Å². The van der Waals surface area contributed by atoms with Gasteiger partial charge in [-0.2, -0.15) is 0 Å². The fraction of sp³-hybridized carbons (Fsp3) is 0.333. The van der Waals surface area contributed by atoms with Gasteiger partial charge in [0.25, 0.3) is 0 Å². The fourth-order valence-electron chi connectivity index (χ4n) is 3.63. The molecule has 0 radical (unpaired) electrons. The number of carbonyl (C=O) groups excluding carboxylic acids is 3. The summed E-state index contributed by atoms with van der Waals surface area (Å²) in [5.41, 5.74) is 8.07. The van der Waals surface area contributed by atoms with Crippen molar-refractivity contribution in [3.63, 3.8) is 0 Å². The summed E-state index contributed by atoms with van der Waals surface area (Å²) in [5.74, 6) is -0.324. The third-order valence-electron chi connectivity index (χ3n) is 5.63. The van der Waals surface area contributed by atoms with E-state index in [1.807, 2.05) is 31.2 Å². The van der Waals surface area contributed by atoms with E-state index in [0.29, 0.717) is 11.3 Å². The van der Waals surface area contributed by atoms with Gasteiger partial charge in [-0.15, -0.1) is 0 Å². The van der Waals surface area contributed by atoms with E-state index in [2.05, 4.69) is 26.6 Å². The Morgan fingerprint density at radius 3 is 2.21 bits per heavy atom. The average Bonchev–Trinajstić information content (AvgIpc) is 2.84. The molecule has 1 heterocycles. The van der Waals surface area contributed by atoms with Crippen molar-refractivity contribution in [3.8, 4) is 0 Å². The highest BCUT2D eigenvalue weighted by molar-refractivity contribution is 5.96. The minimum atomic E-state index is -0.521. The van der Waals surface area contributed by atoms with Crippen LogP contribution in [0.4, 0.5) is 16.2 Å². The van der Waals surface area contributed by atoms with Crippen molar-refractivity contribution in [2.45, 2.75) is 25.8 Å². The first-order chi connectivity index (χ1) is 16.3. The number of rotatable bonds is 8. The molecule has 2 aromatic carbocycles. The number of nitrogens with two attached hydrogens (primary N) is 1. The number of amides is 4. The maximum atomic E-state index is 12.4. The molecule has 1 saturated heterocycles. The molecule has 1 atom stereocenters. The van der Waals surface area contributed by atoms with E-state index in [4.69, 9.17) is 11.1 Å². The zero-order valence-electron chi connectivity index (χ0n) is 19.1. The Bertz CT molecular complexity index is 1020. The van der Waals surface area contributed by atoms with Gasteiger partial charge in [-0.05, 0) is 74.8 Å². The maximum absolute atomic E-state index is 12.4. The third-order valence-corrected chi connectivity index (χ3v) is 5.63. The Morgan fingerprint density at radius 1 is 1.00 bits per heavy atom. The average molecular weight is 466 g/mol. The summed E-state index contributed by atoms with van der Waals surface area (Å²) >= 11 is 0. The van der Waals surface area contributed by atoms with Gasteiger partial charge in [-0.3, -0.25) is 15.0 Å². The fourth-order valence-corrected chi connectivity index (χ4v) is 3.63. The van der Waals surface area contributed by atoms with Crippen LogP contribution in [0.3, 0.4) is 0 Å². The van der Waals surface area contributed by atoms with Gasteiger partial charge in [0.15, 0.2) is 0 Å². The lowest BCUT2D eigenvalue weighted by atomic mass is 9.97. The number of piperidine rings is 1. The molecule has 1 unspecified atom stereocenters. The Morgan fingerprint density at radius 2 is 1.59 bits per heavy atom. The van der Waals surface area contributed by atoms with E-state index in [1.165, 1.54) is 0 Å². The first-order valence-corrected chi connectivity index (χ1v) is 11.2. The molecule has 10 heteroatoms. The van der Waals surface area contributed by atoms with Gasteiger partial charge < -0.3 is 32.3 Å². The summed E-state index contributed by atoms with van der Waals surface area (Å²) in [6.45, 7) is 3.38. The number of benzene rings is 2. The predicted octanol–water partition coefficient (Wildman–Crippen LogP) is 1.91. The van der Waals surface area contributed by atoms with Crippen LogP contribution >= 0.6 is 0 Å². The highest BCUT2D eigenvalue weighted by atomic mass is 16.2. The Labute approximate surface area is 198 Å². The number of hydrogen-bond acceptors (Lipinski definition) is 5. The van der Waals surface area contributed by atoms with E-state index in [9.17, 15) is 14.4 Å². The number of nitrogen functional groups attached to an aromatic ring is 1. The van der Waals surface area contributed by atoms with Crippen LogP contribution in [-0.4, -0.2) is 43.3 Å². The lowest BCUT2D eigenvalue weighted by Crippen LogP contribution is -2.39. The molecular weight excluding hydrogens is 434 g/mol. The van der Waals surface area contributed by atoms with Gasteiger partial charge in [-0.1, -0.05) is 12.1 Å². The summed E-state index contributed by atoms with van der Waals surface area (Å²) in [7, 11) is 0. The number of urea groups is 1. The largest absolute Gasteiger partial charge is 0.384 e. The molecule has 1 aliphatic rings. The van der Waals surface area contributed by atoms with Gasteiger partial charge in [-0.25, -0.2) is 4.79 Å². The topological polar surface area (TPSA) is 161 Å². The Hall–Kier alpha value is -3.92. The van der Waals surface area contributed by atoms with E-state index in [1.54, 1.807) is 24.3 Å². The van der Waals surface area contributed by atoms with Crippen LogP contribution in [0.25, 0.3) is 0 Å². The van der Waals surface area contributed by atoms with E-state index in [-0.39, 0.29) is 36.2 Å². The molecular formula is C24H31N7O3. The maximum Gasteiger partial charge on any atom is 0.319 e. The third kappa shape index (κ3) is 7.31. The van der Waals surface area contributed by atoms with Gasteiger partial charge in [0, 0.05) is 22.9 Å². The van der Waals surface area contributed by atoms with Crippen molar-refractivity contribution in [1.82, 2.24) is 16.0 Å². The summed E-state index contributed by atoms with van der Waals surface area (Å²) in [6.07, 6.45) is 1.68. The first-order valence-electron chi connectivity index (χ1n) is 11.2. The highest BCUT2D eigenvalue weighted by Crippen LogP contribution is 2.19.